The minimum absolute atomic E-state index is 0.165. The van der Waals surface area contributed by atoms with Gasteiger partial charge in [-0.1, -0.05) is 30.1 Å². The van der Waals surface area contributed by atoms with Crippen LogP contribution in [0, 0.1) is 0 Å². The first-order valence-electron chi connectivity index (χ1n) is 8.43. The van der Waals surface area contributed by atoms with Gasteiger partial charge < -0.3 is 14.9 Å². The number of anilines is 1. The summed E-state index contributed by atoms with van der Waals surface area (Å²) in [7, 11) is 0. The third-order valence-corrected chi connectivity index (χ3v) is 5.35. The molecule has 0 saturated heterocycles. The van der Waals surface area contributed by atoms with Gasteiger partial charge in [-0.2, -0.15) is 9.97 Å². The summed E-state index contributed by atoms with van der Waals surface area (Å²) in [5.74, 6) is 1.27. The second-order valence-electron chi connectivity index (χ2n) is 6.24. The molecule has 3 aromatic heterocycles. The number of nitrogens with one attached hydrogen (secondary N) is 2. The summed E-state index contributed by atoms with van der Waals surface area (Å²) in [6, 6.07) is 3.74. The lowest BCUT2D eigenvalue weighted by Crippen LogP contribution is -2.06. The number of imidazole rings is 2. The van der Waals surface area contributed by atoms with E-state index in [9.17, 15) is 0 Å². The molecule has 140 valence electrons. The molecular formula is C17H16Cl3N7. The highest BCUT2D eigenvalue weighted by molar-refractivity contribution is 6.42. The van der Waals surface area contributed by atoms with Crippen LogP contribution >= 0.6 is 34.8 Å². The number of aromatic nitrogens is 6. The summed E-state index contributed by atoms with van der Waals surface area (Å²) < 4.78 is 2.00. The Morgan fingerprint density at radius 2 is 1.93 bits per heavy atom. The normalized spacial score (nSPS) is 12.8. The average molecular weight is 425 g/mol. The molecule has 0 aliphatic heterocycles. The van der Waals surface area contributed by atoms with Gasteiger partial charge in [0, 0.05) is 6.04 Å². The maximum absolute atomic E-state index is 6.13. The van der Waals surface area contributed by atoms with Crippen molar-refractivity contribution in [3.8, 4) is 0 Å². The fourth-order valence-corrected chi connectivity index (χ4v) is 3.33. The van der Waals surface area contributed by atoms with E-state index in [4.69, 9.17) is 34.8 Å². The maximum atomic E-state index is 6.13. The SMILES string of the molecule is CCC(C)n1cnc2c(NCc3nc4cc(Cl)c(Cl)cc4[nH]3)nc(Cl)nc21. The molecule has 1 atom stereocenters. The van der Waals surface area contributed by atoms with E-state index in [1.807, 2.05) is 4.57 Å². The first kappa shape index (κ1) is 18.3. The Morgan fingerprint density at radius 3 is 2.70 bits per heavy atom. The van der Waals surface area contributed by atoms with Gasteiger partial charge in [-0.3, -0.25) is 0 Å². The average Bonchev–Trinajstić information content (AvgIpc) is 3.23. The van der Waals surface area contributed by atoms with E-state index < -0.39 is 0 Å². The number of hydrogen-bond acceptors (Lipinski definition) is 5. The van der Waals surface area contributed by atoms with E-state index in [2.05, 4.69) is 44.1 Å². The molecule has 10 heteroatoms. The van der Waals surface area contributed by atoms with Gasteiger partial charge in [0.1, 0.15) is 5.82 Å². The van der Waals surface area contributed by atoms with Gasteiger partial charge in [0.05, 0.1) is 34.0 Å². The van der Waals surface area contributed by atoms with Gasteiger partial charge in [0.2, 0.25) is 5.28 Å². The first-order valence-corrected chi connectivity index (χ1v) is 9.57. The number of hydrogen-bond donors (Lipinski definition) is 2. The van der Waals surface area contributed by atoms with E-state index >= 15 is 0 Å². The van der Waals surface area contributed by atoms with Crippen molar-refractivity contribution in [2.24, 2.45) is 0 Å². The largest absolute Gasteiger partial charge is 0.361 e. The fraction of sp³-hybridized carbons (Fsp3) is 0.294. The van der Waals surface area contributed by atoms with Crippen LogP contribution in [0.2, 0.25) is 15.3 Å². The van der Waals surface area contributed by atoms with E-state index in [1.165, 1.54) is 0 Å². The van der Waals surface area contributed by atoms with E-state index in [1.54, 1.807) is 18.5 Å². The van der Waals surface area contributed by atoms with Crippen LogP contribution in [0.5, 0.6) is 0 Å². The van der Waals surface area contributed by atoms with Crippen molar-refractivity contribution in [3.63, 3.8) is 0 Å². The summed E-state index contributed by atoms with van der Waals surface area (Å²) in [6.45, 7) is 4.62. The Bertz CT molecular complexity index is 1100. The van der Waals surface area contributed by atoms with Crippen LogP contribution in [-0.4, -0.2) is 29.5 Å². The van der Waals surface area contributed by atoms with Crippen LogP contribution in [0.4, 0.5) is 5.82 Å². The smallest absolute Gasteiger partial charge is 0.226 e. The number of nitrogens with zero attached hydrogens (tertiary/aromatic N) is 5. The molecule has 27 heavy (non-hydrogen) atoms. The first-order chi connectivity index (χ1) is 13.0. The Hall–Kier alpha value is -2.09. The summed E-state index contributed by atoms with van der Waals surface area (Å²) in [5.41, 5.74) is 2.93. The molecule has 0 radical (unpaired) electrons. The molecular weight excluding hydrogens is 409 g/mol. The Balaban J connectivity index is 1.65. The van der Waals surface area contributed by atoms with Crippen molar-refractivity contribution in [2.45, 2.75) is 32.9 Å². The molecule has 0 bridgehead atoms. The molecule has 4 aromatic rings. The predicted molar refractivity (Wildman–Crippen MR) is 109 cm³/mol. The van der Waals surface area contributed by atoms with Gasteiger partial charge >= 0.3 is 0 Å². The number of fused-ring (bicyclic) bond motifs is 2. The molecule has 4 rings (SSSR count). The second-order valence-corrected chi connectivity index (χ2v) is 7.40. The minimum Gasteiger partial charge on any atom is -0.361 e. The Labute approximate surface area is 170 Å². The monoisotopic (exact) mass is 423 g/mol. The zero-order valence-corrected chi connectivity index (χ0v) is 16.9. The lowest BCUT2D eigenvalue weighted by molar-refractivity contribution is 0.541. The quantitative estimate of drug-likeness (QED) is 0.428. The van der Waals surface area contributed by atoms with E-state index in [-0.39, 0.29) is 11.3 Å². The molecule has 1 unspecified atom stereocenters. The minimum atomic E-state index is 0.165. The maximum Gasteiger partial charge on any atom is 0.226 e. The summed E-state index contributed by atoms with van der Waals surface area (Å²) in [5, 5.41) is 4.35. The van der Waals surface area contributed by atoms with Crippen LogP contribution in [0.25, 0.3) is 22.2 Å². The topological polar surface area (TPSA) is 84.3 Å². The molecule has 0 amide bonds. The molecule has 1 aromatic carbocycles. The fourth-order valence-electron chi connectivity index (χ4n) is 2.84. The number of benzene rings is 1. The second kappa shape index (κ2) is 7.14. The van der Waals surface area contributed by atoms with E-state index in [0.717, 1.165) is 17.5 Å². The van der Waals surface area contributed by atoms with Crippen molar-refractivity contribution >= 4 is 62.8 Å². The molecule has 0 fully saturated rings. The highest BCUT2D eigenvalue weighted by Crippen LogP contribution is 2.27. The Morgan fingerprint density at radius 1 is 1.15 bits per heavy atom. The lowest BCUT2D eigenvalue weighted by atomic mass is 10.2. The third kappa shape index (κ3) is 3.42. The molecule has 3 heterocycles. The molecule has 7 nitrogen and oxygen atoms in total. The van der Waals surface area contributed by atoms with Crippen molar-refractivity contribution in [3.05, 3.63) is 39.6 Å². The van der Waals surface area contributed by atoms with Crippen LogP contribution in [-0.2, 0) is 6.54 Å². The van der Waals surface area contributed by atoms with Crippen LogP contribution in [0.15, 0.2) is 18.5 Å². The van der Waals surface area contributed by atoms with Crippen molar-refractivity contribution in [1.29, 1.82) is 0 Å². The lowest BCUT2D eigenvalue weighted by Gasteiger charge is -2.11. The molecule has 0 aliphatic carbocycles. The van der Waals surface area contributed by atoms with E-state index in [0.29, 0.717) is 39.4 Å². The number of H-pyrrole nitrogens is 1. The highest BCUT2D eigenvalue weighted by atomic mass is 35.5. The number of aromatic amines is 1. The van der Waals surface area contributed by atoms with Gasteiger partial charge in [0.15, 0.2) is 17.0 Å². The van der Waals surface area contributed by atoms with Gasteiger partial charge in [0.25, 0.3) is 0 Å². The van der Waals surface area contributed by atoms with Crippen molar-refractivity contribution in [2.75, 3.05) is 5.32 Å². The molecule has 0 spiro atoms. The van der Waals surface area contributed by atoms with Crippen LogP contribution < -0.4 is 5.32 Å². The predicted octanol–water partition coefficient (Wildman–Crippen LogP) is 5.25. The molecule has 2 N–H and O–H groups in total. The highest BCUT2D eigenvalue weighted by Gasteiger charge is 2.15. The summed E-state index contributed by atoms with van der Waals surface area (Å²) in [6.07, 6.45) is 2.72. The molecule has 0 saturated carbocycles. The van der Waals surface area contributed by atoms with Crippen LogP contribution in [0.1, 0.15) is 32.1 Å². The third-order valence-electron chi connectivity index (χ3n) is 4.46. The Kier molecular flexibility index (Phi) is 4.84. The van der Waals surface area contributed by atoms with Gasteiger partial charge in [-0.25, -0.2) is 9.97 Å². The van der Waals surface area contributed by atoms with Gasteiger partial charge in [-0.05, 0) is 37.1 Å². The number of rotatable bonds is 5. The summed E-state index contributed by atoms with van der Waals surface area (Å²) >= 11 is 18.2. The number of halogens is 3. The standard InChI is InChI=1S/C17H16Cl3N7/c1-3-8(2)27-7-22-14-15(25-17(20)26-16(14)27)21-6-13-23-11-4-9(18)10(19)5-12(11)24-13/h4-5,7-8H,3,6H2,1-2H3,(H,23,24)(H,21,25,26). The van der Waals surface area contributed by atoms with Crippen molar-refractivity contribution in [1.82, 2.24) is 29.5 Å². The van der Waals surface area contributed by atoms with Gasteiger partial charge in [-0.15, -0.1) is 0 Å². The zero-order valence-electron chi connectivity index (χ0n) is 14.6. The summed E-state index contributed by atoms with van der Waals surface area (Å²) in [4.78, 5) is 20.8. The van der Waals surface area contributed by atoms with Crippen LogP contribution in [0.3, 0.4) is 0 Å². The zero-order chi connectivity index (χ0) is 19.1. The molecule has 0 aliphatic rings. The van der Waals surface area contributed by atoms with Crippen molar-refractivity contribution < 1.29 is 0 Å².